The van der Waals surface area contributed by atoms with Crippen LogP contribution in [-0.2, 0) is 0 Å². The number of likely N-dealkylation sites (N-methyl/N-ethyl adjacent to an activating group) is 1. The Bertz CT molecular complexity index is 794. The van der Waals surface area contributed by atoms with Crippen molar-refractivity contribution < 1.29 is 23.0 Å². The highest BCUT2D eigenvalue weighted by molar-refractivity contribution is 8.27. The molecule has 1 aliphatic heterocycles. The minimum atomic E-state index is -3.53. The second-order valence-corrected chi connectivity index (χ2v) is 7.76. The first-order valence-electron chi connectivity index (χ1n) is 8.09. The fourth-order valence-electron chi connectivity index (χ4n) is 2.95. The standard InChI is InChI=1S/C17H21F2N3O3S/c1-20-11-13(23)8-9-21-16-4-2-3-5-17(16)22(26(21,24)25)12-6-7-14(18)15(19)10-12/h2-7,10,13,20,23-25H,8-9,11H2,1H3/t13-/m1/s1. The van der Waals surface area contributed by atoms with E-state index in [0.29, 0.717) is 24.3 Å². The van der Waals surface area contributed by atoms with E-state index in [1.807, 2.05) is 0 Å². The molecular formula is C17H21F2N3O3S. The molecule has 0 saturated heterocycles. The number of anilines is 3. The quantitative estimate of drug-likeness (QED) is 0.610. The Kier molecular flexibility index (Phi) is 5.35. The summed E-state index contributed by atoms with van der Waals surface area (Å²) in [6.07, 6.45) is -0.351. The molecule has 0 aliphatic carbocycles. The monoisotopic (exact) mass is 385 g/mol. The lowest BCUT2D eigenvalue weighted by molar-refractivity contribution is 0.167. The summed E-state index contributed by atoms with van der Waals surface area (Å²) in [4.78, 5) is 0. The minimum absolute atomic E-state index is 0.134. The highest BCUT2D eigenvalue weighted by Gasteiger charge is 2.41. The molecule has 9 heteroatoms. The Morgan fingerprint density at radius 2 is 1.77 bits per heavy atom. The van der Waals surface area contributed by atoms with E-state index in [1.165, 1.54) is 14.7 Å². The van der Waals surface area contributed by atoms with Crippen molar-refractivity contribution >= 4 is 28.0 Å². The number of halogens is 2. The molecule has 0 aromatic heterocycles. The van der Waals surface area contributed by atoms with E-state index < -0.39 is 28.7 Å². The first-order chi connectivity index (χ1) is 12.4. The van der Waals surface area contributed by atoms with Gasteiger partial charge in [0.05, 0.1) is 23.2 Å². The van der Waals surface area contributed by atoms with E-state index in [0.717, 1.165) is 12.1 Å². The van der Waals surface area contributed by atoms with Gasteiger partial charge in [-0.25, -0.2) is 13.1 Å². The molecule has 2 aromatic rings. The second-order valence-electron chi connectivity index (χ2n) is 5.97. The third-order valence-electron chi connectivity index (χ3n) is 4.15. The van der Waals surface area contributed by atoms with E-state index in [1.54, 1.807) is 31.3 Å². The first-order valence-corrected chi connectivity index (χ1v) is 9.55. The smallest absolute Gasteiger partial charge is 0.160 e. The second kappa shape index (κ2) is 7.37. The van der Waals surface area contributed by atoms with Gasteiger partial charge in [0.2, 0.25) is 0 Å². The Labute approximate surface area is 152 Å². The fourth-order valence-corrected chi connectivity index (χ4v) is 4.73. The van der Waals surface area contributed by atoms with Crippen molar-refractivity contribution in [3.63, 3.8) is 0 Å². The van der Waals surface area contributed by atoms with Crippen LogP contribution in [-0.4, -0.2) is 40.5 Å². The van der Waals surface area contributed by atoms with Crippen molar-refractivity contribution in [2.75, 3.05) is 28.7 Å². The Hall–Kier alpha value is -1.91. The molecule has 1 aliphatic rings. The van der Waals surface area contributed by atoms with Crippen molar-refractivity contribution in [3.8, 4) is 0 Å². The van der Waals surface area contributed by atoms with Crippen LogP contribution in [0.2, 0.25) is 0 Å². The summed E-state index contributed by atoms with van der Waals surface area (Å²) in [7, 11) is -1.82. The highest BCUT2D eigenvalue weighted by Crippen LogP contribution is 2.64. The van der Waals surface area contributed by atoms with Crippen LogP contribution in [0.25, 0.3) is 0 Å². The van der Waals surface area contributed by atoms with Gasteiger partial charge in [-0.15, -0.1) is 0 Å². The van der Waals surface area contributed by atoms with Gasteiger partial charge in [0.25, 0.3) is 0 Å². The van der Waals surface area contributed by atoms with Gasteiger partial charge in [-0.2, -0.15) is 0 Å². The lowest BCUT2D eigenvalue weighted by Crippen LogP contribution is -2.34. The number of aliphatic hydroxyl groups excluding tert-OH is 1. The van der Waals surface area contributed by atoms with Crippen molar-refractivity contribution in [2.24, 2.45) is 0 Å². The third kappa shape index (κ3) is 3.36. The minimum Gasteiger partial charge on any atom is -0.392 e. The average Bonchev–Trinajstić information content (AvgIpc) is 2.82. The molecular weight excluding hydrogens is 364 g/mol. The zero-order chi connectivity index (χ0) is 18.9. The van der Waals surface area contributed by atoms with Gasteiger partial charge in [-0.1, -0.05) is 12.1 Å². The number of hydrogen-bond donors (Lipinski definition) is 4. The molecule has 0 radical (unpaired) electrons. The van der Waals surface area contributed by atoms with Crippen LogP contribution >= 0.6 is 11.0 Å². The first kappa shape index (κ1) is 18.9. The van der Waals surface area contributed by atoms with Gasteiger partial charge >= 0.3 is 0 Å². The van der Waals surface area contributed by atoms with E-state index in [2.05, 4.69) is 5.32 Å². The van der Waals surface area contributed by atoms with Crippen LogP contribution in [0.15, 0.2) is 42.5 Å². The summed E-state index contributed by atoms with van der Waals surface area (Å²) < 4.78 is 51.3. The lowest BCUT2D eigenvalue weighted by Gasteiger charge is -2.44. The van der Waals surface area contributed by atoms with Gasteiger partial charge in [0, 0.05) is 19.2 Å². The molecule has 0 bridgehead atoms. The van der Waals surface area contributed by atoms with Gasteiger partial charge in [0.15, 0.2) is 11.6 Å². The molecule has 1 atom stereocenters. The van der Waals surface area contributed by atoms with Crippen molar-refractivity contribution in [2.45, 2.75) is 12.5 Å². The number of fused-ring (bicyclic) bond motifs is 1. The topological polar surface area (TPSA) is 79.2 Å². The van der Waals surface area contributed by atoms with Crippen LogP contribution in [0, 0.1) is 11.6 Å². The SMILES string of the molecule is CNC[C@H](O)CCN1c2ccccc2N(c2ccc(F)c(F)c2)S1(O)O. The molecule has 1 heterocycles. The molecule has 142 valence electrons. The van der Waals surface area contributed by atoms with Gasteiger partial charge in [-0.05, 0) is 48.7 Å². The van der Waals surface area contributed by atoms with Gasteiger partial charge < -0.3 is 10.4 Å². The predicted octanol–water partition coefficient (Wildman–Crippen LogP) is 3.47. The van der Waals surface area contributed by atoms with Crippen molar-refractivity contribution in [1.29, 1.82) is 0 Å². The third-order valence-corrected chi connectivity index (χ3v) is 6.02. The number of rotatable bonds is 6. The van der Waals surface area contributed by atoms with Crippen LogP contribution in [0.1, 0.15) is 6.42 Å². The normalized spacial score (nSPS) is 17.9. The van der Waals surface area contributed by atoms with Crippen molar-refractivity contribution in [3.05, 3.63) is 54.1 Å². The number of benzene rings is 2. The summed E-state index contributed by atoms with van der Waals surface area (Å²) in [5.41, 5.74) is 1.16. The van der Waals surface area contributed by atoms with Gasteiger partial charge in [-0.3, -0.25) is 13.4 Å². The molecule has 4 N–H and O–H groups in total. The molecule has 0 saturated carbocycles. The molecule has 2 aromatic carbocycles. The maximum atomic E-state index is 13.7. The Balaban J connectivity index is 1.97. The van der Waals surface area contributed by atoms with Crippen LogP contribution in [0.3, 0.4) is 0 Å². The van der Waals surface area contributed by atoms with E-state index in [4.69, 9.17) is 0 Å². The molecule has 0 amide bonds. The zero-order valence-corrected chi connectivity index (χ0v) is 15.0. The van der Waals surface area contributed by atoms with E-state index in [9.17, 15) is 23.0 Å². The average molecular weight is 385 g/mol. The number of nitrogens with one attached hydrogen (secondary N) is 1. The maximum Gasteiger partial charge on any atom is 0.160 e. The summed E-state index contributed by atoms with van der Waals surface area (Å²) in [5, 5.41) is 12.8. The molecule has 0 spiro atoms. The summed E-state index contributed by atoms with van der Waals surface area (Å²) in [6, 6.07) is 10.0. The van der Waals surface area contributed by atoms with Crippen LogP contribution in [0.5, 0.6) is 0 Å². The molecule has 6 nitrogen and oxygen atoms in total. The molecule has 0 unspecified atom stereocenters. The largest absolute Gasteiger partial charge is 0.392 e. The molecule has 26 heavy (non-hydrogen) atoms. The number of hydrogen-bond acceptors (Lipinski definition) is 6. The van der Waals surface area contributed by atoms with E-state index in [-0.39, 0.29) is 12.2 Å². The zero-order valence-electron chi connectivity index (χ0n) is 14.1. The van der Waals surface area contributed by atoms with Crippen LogP contribution < -0.4 is 13.9 Å². The summed E-state index contributed by atoms with van der Waals surface area (Å²) >= 11 is 0. The lowest BCUT2D eigenvalue weighted by atomic mass is 10.2. The summed E-state index contributed by atoms with van der Waals surface area (Å²) in [6.45, 7) is 0.559. The molecule has 0 fully saturated rings. The Morgan fingerprint density at radius 3 is 2.42 bits per heavy atom. The van der Waals surface area contributed by atoms with Crippen molar-refractivity contribution in [1.82, 2.24) is 5.32 Å². The summed E-state index contributed by atoms with van der Waals surface area (Å²) in [5.74, 6) is -2.08. The fraction of sp³-hybridized carbons (Fsp3) is 0.294. The predicted molar refractivity (Wildman–Crippen MR) is 99.7 cm³/mol. The van der Waals surface area contributed by atoms with Crippen LogP contribution in [0.4, 0.5) is 25.8 Å². The Morgan fingerprint density at radius 1 is 1.08 bits per heavy atom. The number of nitrogens with zero attached hydrogens (tertiary/aromatic N) is 2. The number of para-hydroxylation sites is 2. The van der Waals surface area contributed by atoms with E-state index >= 15 is 0 Å². The molecule has 3 rings (SSSR count). The highest BCUT2D eigenvalue weighted by atomic mass is 32.3. The van der Waals surface area contributed by atoms with Gasteiger partial charge in [0.1, 0.15) is 0 Å². The number of aliphatic hydroxyl groups is 1. The maximum absolute atomic E-state index is 13.7.